The third-order valence-electron chi connectivity index (χ3n) is 4.16. The van der Waals surface area contributed by atoms with Crippen LogP contribution < -0.4 is 11.1 Å². The summed E-state index contributed by atoms with van der Waals surface area (Å²) in [6.07, 6.45) is 3.47. The number of likely N-dealkylation sites (N-methyl/N-ethyl adjacent to an activating group) is 1. The number of nitrogens with zero attached hydrogens (tertiary/aromatic N) is 2. The molecule has 3 rings (SSSR count). The van der Waals surface area contributed by atoms with E-state index >= 15 is 0 Å². The zero-order chi connectivity index (χ0) is 14.8. The standard InChI is InChI=1S/C15H22N4OS/c1-19-5-6-20-11(9-19)8-17-15-12(14(16)21)7-10-3-2-4-13(10)18-15/h7,11H,2-6,8-9H2,1H3,(H2,16,21)(H,17,18). The van der Waals surface area contributed by atoms with Crippen LogP contribution in [-0.2, 0) is 17.6 Å². The Morgan fingerprint density at radius 2 is 2.43 bits per heavy atom. The first-order chi connectivity index (χ1) is 10.1. The summed E-state index contributed by atoms with van der Waals surface area (Å²) in [5.74, 6) is 0.806. The van der Waals surface area contributed by atoms with Crippen molar-refractivity contribution in [3.8, 4) is 0 Å². The Labute approximate surface area is 130 Å². The summed E-state index contributed by atoms with van der Waals surface area (Å²) < 4.78 is 5.77. The van der Waals surface area contributed by atoms with Crippen LogP contribution >= 0.6 is 12.2 Å². The molecule has 1 unspecified atom stereocenters. The number of morpholine rings is 1. The number of aromatic nitrogens is 1. The molecule has 1 aliphatic carbocycles. The molecule has 0 radical (unpaired) electrons. The highest BCUT2D eigenvalue weighted by molar-refractivity contribution is 7.80. The summed E-state index contributed by atoms with van der Waals surface area (Å²) in [5.41, 5.74) is 9.18. The minimum Gasteiger partial charge on any atom is -0.389 e. The Hall–Kier alpha value is -1.24. The first-order valence-corrected chi connectivity index (χ1v) is 7.91. The maximum atomic E-state index is 5.85. The van der Waals surface area contributed by atoms with Gasteiger partial charge in [0.05, 0.1) is 18.3 Å². The van der Waals surface area contributed by atoms with Gasteiger partial charge >= 0.3 is 0 Å². The second kappa shape index (κ2) is 6.25. The van der Waals surface area contributed by atoms with Crippen LogP contribution in [0.25, 0.3) is 0 Å². The summed E-state index contributed by atoms with van der Waals surface area (Å²) in [6.45, 7) is 3.43. The number of anilines is 1. The second-order valence-corrected chi connectivity index (χ2v) is 6.28. The number of fused-ring (bicyclic) bond motifs is 1. The number of rotatable bonds is 4. The SMILES string of the molecule is CN1CCOC(CNc2nc3c(cc2C(N)=S)CCC3)C1. The van der Waals surface area contributed by atoms with Gasteiger partial charge in [0, 0.05) is 25.3 Å². The van der Waals surface area contributed by atoms with E-state index in [-0.39, 0.29) is 6.10 Å². The van der Waals surface area contributed by atoms with E-state index in [1.807, 2.05) is 0 Å². The largest absolute Gasteiger partial charge is 0.389 e. The summed E-state index contributed by atoms with van der Waals surface area (Å²) >= 11 is 5.17. The number of nitrogens with one attached hydrogen (secondary N) is 1. The van der Waals surface area contributed by atoms with E-state index in [0.717, 1.165) is 50.5 Å². The molecule has 114 valence electrons. The second-order valence-electron chi connectivity index (χ2n) is 5.84. The molecule has 21 heavy (non-hydrogen) atoms. The van der Waals surface area contributed by atoms with Crippen LogP contribution in [0.15, 0.2) is 6.07 Å². The molecular formula is C15H22N4OS. The molecule has 1 aromatic rings. The molecule has 2 heterocycles. The van der Waals surface area contributed by atoms with E-state index in [4.69, 9.17) is 27.7 Å². The van der Waals surface area contributed by atoms with Gasteiger partial charge in [-0.15, -0.1) is 0 Å². The van der Waals surface area contributed by atoms with Crippen LogP contribution in [0.3, 0.4) is 0 Å². The van der Waals surface area contributed by atoms with E-state index in [9.17, 15) is 0 Å². The number of ether oxygens (including phenoxy) is 1. The number of hydrogen-bond donors (Lipinski definition) is 2. The first-order valence-electron chi connectivity index (χ1n) is 7.50. The molecule has 6 heteroatoms. The molecule has 1 aromatic heterocycles. The fraction of sp³-hybridized carbons (Fsp3) is 0.600. The zero-order valence-electron chi connectivity index (χ0n) is 12.4. The average Bonchev–Trinajstić information content (AvgIpc) is 2.91. The fourth-order valence-electron chi connectivity index (χ4n) is 3.00. The Morgan fingerprint density at radius 1 is 1.57 bits per heavy atom. The lowest BCUT2D eigenvalue weighted by atomic mass is 10.1. The molecule has 1 aliphatic heterocycles. The number of nitrogens with two attached hydrogens (primary N) is 1. The highest BCUT2D eigenvalue weighted by Gasteiger charge is 2.20. The van der Waals surface area contributed by atoms with Crippen LogP contribution in [-0.4, -0.2) is 54.3 Å². The lowest BCUT2D eigenvalue weighted by Gasteiger charge is -2.30. The maximum Gasteiger partial charge on any atom is 0.136 e. The summed E-state index contributed by atoms with van der Waals surface area (Å²) in [7, 11) is 2.11. The molecule has 2 aliphatic rings. The van der Waals surface area contributed by atoms with Crippen molar-refractivity contribution in [3.63, 3.8) is 0 Å². The van der Waals surface area contributed by atoms with Gasteiger partial charge in [-0.2, -0.15) is 0 Å². The normalized spacial score (nSPS) is 22.0. The molecule has 0 amide bonds. The van der Waals surface area contributed by atoms with Crippen LogP contribution in [0.5, 0.6) is 0 Å². The van der Waals surface area contributed by atoms with E-state index in [1.165, 1.54) is 17.7 Å². The van der Waals surface area contributed by atoms with Crippen molar-refractivity contribution in [1.82, 2.24) is 9.88 Å². The quantitative estimate of drug-likeness (QED) is 0.808. The van der Waals surface area contributed by atoms with Gasteiger partial charge in [-0.05, 0) is 37.9 Å². The smallest absolute Gasteiger partial charge is 0.136 e. The van der Waals surface area contributed by atoms with E-state index < -0.39 is 0 Å². The Balaban J connectivity index is 1.73. The topological polar surface area (TPSA) is 63.4 Å². The number of thiocarbonyl (C=S) groups is 1. The lowest BCUT2D eigenvalue weighted by molar-refractivity contribution is -0.0117. The number of pyridine rings is 1. The number of hydrogen-bond acceptors (Lipinski definition) is 5. The summed E-state index contributed by atoms with van der Waals surface area (Å²) in [5, 5.41) is 3.38. The molecule has 0 bridgehead atoms. The van der Waals surface area contributed by atoms with Gasteiger partial charge in [0.2, 0.25) is 0 Å². The fourth-order valence-corrected chi connectivity index (χ4v) is 3.15. The molecule has 0 aromatic carbocycles. The maximum absolute atomic E-state index is 5.85. The average molecular weight is 306 g/mol. The van der Waals surface area contributed by atoms with Crippen molar-refractivity contribution >= 4 is 23.0 Å². The molecule has 1 fully saturated rings. The minimum atomic E-state index is 0.179. The van der Waals surface area contributed by atoms with Crippen molar-refractivity contribution in [2.24, 2.45) is 5.73 Å². The van der Waals surface area contributed by atoms with Crippen molar-refractivity contribution in [3.05, 3.63) is 22.9 Å². The molecule has 5 nitrogen and oxygen atoms in total. The van der Waals surface area contributed by atoms with Crippen molar-refractivity contribution in [2.75, 3.05) is 38.6 Å². The molecule has 3 N–H and O–H groups in total. The van der Waals surface area contributed by atoms with E-state index in [0.29, 0.717) is 4.99 Å². The molecular weight excluding hydrogens is 284 g/mol. The van der Waals surface area contributed by atoms with Gasteiger partial charge in [0.15, 0.2) is 0 Å². The third-order valence-corrected chi connectivity index (χ3v) is 4.38. The monoisotopic (exact) mass is 306 g/mol. The molecule has 1 atom stereocenters. The van der Waals surface area contributed by atoms with Crippen LogP contribution in [0.4, 0.5) is 5.82 Å². The lowest BCUT2D eigenvalue weighted by Crippen LogP contribution is -2.43. The van der Waals surface area contributed by atoms with Crippen LogP contribution in [0.2, 0.25) is 0 Å². The predicted molar refractivity (Wildman–Crippen MR) is 87.9 cm³/mol. The first kappa shape index (κ1) is 14.7. The molecule has 1 saturated heterocycles. The predicted octanol–water partition coefficient (Wildman–Crippen LogP) is 0.947. The summed E-state index contributed by atoms with van der Waals surface area (Å²) in [6, 6.07) is 2.11. The Morgan fingerprint density at radius 3 is 3.19 bits per heavy atom. The zero-order valence-corrected chi connectivity index (χ0v) is 13.2. The Bertz CT molecular complexity index is 549. The van der Waals surface area contributed by atoms with Gasteiger partial charge in [0.25, 0.3) is 0 Å². The van der Waals surface area contributed by atoms with Crippen molar-refractivity contribution in [1.29, 1.82) is 0 Å². The third kappa shape index (κ3) is 3.33. The van der Waals surface area contributed by atoms with E-state index in [1.54, 1.807) is 0 Å². The van der Waals surface area contributed by atoms with Crippen LogP contribution in [0.1, 0.15) is 23.2 Å². The van der Waals surface area contributed by atoms with Crippen molar-refractivity contribution in [2.45, 2.75) is 25.4 Å². The van der Waals surface area contributed by atoms with Gasteiger partial charge < -0.3 is 20.7 Å². The van der Waals surface area contributed by atoms with Gasteiger partial charge in [-0.1, -0.05) is 12.2 Å². The number of aryl methyl sites for hydroxylation is 2. The van der Waals surface area contributed by atoms with E-state index in [2.05, 4.69) is 23.3 Å². The molecule has 0 spiro atoms. The van der Waals surface area contributed by atoms with Gasteiger partial charge in [-0.3, -0.25) is 0 Å². The van der Waals surface area contributed by atoms with Gasteiger partial charge in [-0.25, -0.2) is 4.98 Å². The highest BCUT2D eigenvalue weighted by atomic mass is 32.1. The van der Waals surface area contributed by atoms with Crippen molar-refractivity contribution < 1.29 is 4.74 Å². The Kier molecular flexibility index (Phi) is 4.37. The van der Waals surface area contributed by atoms with Gasteiger partial charge in [0.1, 0.15) is 10.8 Å². The van der Waals surface area contributed by atoms with Crippen LogP contribution in [0, 0.1) is 0 Å². The molecule has 0 saturated carbocycles. The highest BCUT2D eigenvalue weighted by Crippen LogP contribution is 2.25. The minimum absolute atomic E-state index is 0.179. The summed E-state index contributed by atoms with van der Waals surface area (Å²) in [4.78, 5) is 7.41.